The number of carbonyl (C=O) groups excluding carboxylic acids is 3. The number of aliphatic hydroxyl groups is 1. The quantitative estimate of drug-likeness (QED) is 0.0427. The first kappa shape index (κ1) is 57.2. The van der Waals surface area contributed by atoms with Crippen LogP contribution in [-0.2, 0) is 38.1 Å². The van der Waals surface area contributed by atoms with E-state index in [1.54, 1.807) is 22.3 Å². The van der Waals surface area contributed by atoms with Crippen LogP contribution >= 0.6 is 11.3 Å². The number of carboxylic acid groups (broad SMARTS) is 1. The van der Waals surface area contributed by atoms with Gasteiger partial charge in [-0.3, -0.25) is 14.4 Å². The van der Waals surface area contributed by atoms with E-state index in [-0.39, 0.29) is 60.5 Å². The van der Waals surface area contributed by atoms with E-state index < -0.39 is 29.4 Å². The van der Waals surface area contributed by atoms with Crippen LogP contribution in [-0.4, -0.2) is 139 Å². The highest BCUT2D eigenvalue weighted by atomic mass is 32.1. The van der Waals surface area contributed by atoms with Crippen LogP contribution in [0, 0.1) is 32.1 Å². The van der Waals surface area contributed by atoms with Gasteiger partial charge in [0.25, 0.3) is 0 Å². The molecule has 2 saturated heterocycles. The van der Waals surface area contributed by atoms with Gasteiger partial charge in [-0.25, -0.2) is 9.78 Å². The number of rotatable bonds is 22. The van der Waals surface area contributed by atoms with Gasteiger partial charge in [0.05, 0.1) is 67.4 Å². The van der Waals surface area contributed by atoms with Crippen molar-refractivity contribution in [2.45, 2.75) is 144 Å². The first-order chi connectivity index (χ1) is 34.0. The second-order valence-electron chi connectivity index (χ2n) is 20.0. The number of ether oxygens (including phenoxy) is 4. The molecule has 3 fully saturated rings. The number of aliphatic hydroxyl groups excluding tert-OH is 1. The summed E-state index contributed by atoms with van der Waals surface area (Å²) in [5.74, 6) is -2.21. The van der Waals surface area contributed by atoms with Crippen molar-refractivity contribution in [3.05, 3.63) is 81.7 Å². The smallest absolute Gasteiger partial charge is 0.339 e. The van der Waals surface area contributed by atoms with Gasteiger partial charge in [0, 0.05) is 32.1 Å². The number of allylic oxidation sites excluding steroid dienone is 1. The van der Waals surface area contributed by atoms with Gasteiger partial charge < -0.3 is 49.6 Å². The van der Waals surface area contributed by atoms with Crippen molar-refractivity contribution in [1.82, 2.24) is 25.4 Å². The van der Waals surface area contributed by atoms with E-state index in [9.17, 15) is 29.4 Å². The number of carbonyl (C=O) groups is 4. The predicted molar refractivity (Wildman–Crippen MR) is 278 cm³/mol. The second kappa shape index (κ2) is 27.9. The summed E-state index contributed by atoms with van der Waals surface area (Å²) in [6.45, 7) is 22.3. The molecule has 4 N–H and O–H groups in total. The summed E-state index contributed by atoms with van der Waals surface area (Å²) in [6.07, 6.45) is 6.42. The van der Waals surface area contributed by atoms with E-state index in [4.69, 9.17) is 18.9 Å². The highest BCUT2D eigenvalue weighted by Crippen LogP contribution is 2.36. The molecule has 2 aliphatic heterocycles. The zero-order chi connectivity index (χ0) is 51.7. The average molecular weight is 1000 g/mol. The number of aromatic nitrogens is 1. The number of hydrogen-bond donors (Lipinski definition) is 4. The van der Waals surface area contributed by atoms with Crippen molar-refractivity contribution in [1.29, 1.82) is 0 Å². The topological polar surface area (TPSA) is 189 Å². The Morgan fingerprint density at radius 1 is 0.803 bits per heavy atom. The highest BCUT2D eigenvalue weighted by molar-refractivity contribution is 7.13. The van der Waals surface area contributed by atoms with E-state index in [0.717, 1.165) is 78.1 Å². The Morgan fingerprint density at radius 3 is 2.04 bits per heavy atom. The number of piperidine rings is 1. The molecule has 392 valence electrons. The Hall–Kier alpha value is -4.71. The Balaban J connectivity index is 0.00000463. The molecule has 15 nitrogen and oxygen atoms in total. The van der Waals surface area contributed by atoms with E-state index in [2.05, 4.69) is 20.5 Å². The maximum Gasteiger partial charge on any atom is 0.339 e. The molecule has 3 aromatic rings. The maximum atomic E-state index is 14.0. The summed E-state index contributed by atoms with van der Waals surface area (Å²) < 4.78 is 23.6. The number of thiazole rings is 1. The number of hydrogen-bond acceptors (Lipinski definition) is 12. The van der Waals surface area contributed by atoms with Crippen LogP contribution in [0.2, 0.25) is 0 Å². The number of aliphatic carboxylic acids is 1. The molecule has 3 heterocycles. The molecule has 3 aliphatic rings. The van der Waals surface area contributed by atoms with Gasteiger partial charge in [-0.15, -0.1) is 11.3 Å². The second-order valence-corrected chi connectivity index (χ2v) is 20.8. The summed E-state index contributed by atoms with van der Waals surface area (Å²) in [5, 5.41) is 27.1. The molecule has 3 amide bonds. The maximum absolute atomic E-state index is 14.0. The Morgan fingerprint density at radius 2 is 1.44 bits per heavy atom. The summed E-state index contributed by atoms with van der Waals surface area (Å²) in [5.41, 5.74) is 6.73. The lowest BCUT2D eigenvalue weighted by atomic mass is 9.83. The molecule has 0 spiro atoms. The van der Waals surface area contributed by atoms with Crippen molar-refractivity contribution in [2.75, 3.05) is 65.8 Å². The molecule has 3 unspecified atom stereocenters. The molecule has 3 atom stereocenters. The summed E-state index contributed by atoms with van der Waals surface area (Å²) in [7, 11) is 0. The fourth-order valence-electron chi connectivity index (χ4n) is 9.69. The Kier molecular flexibility index (Phi) is 22.5. The lowest BCUT2D eigenvalue weighted by Crippen LogP contribution is -2.58. The summed E-state index contributed by atoms with van der Waals surface area (Å²) >= 11 is 1.60. The fourth-order valence-corrected chi connectivity index (χ4v) is 10.5. The molecule has 6 rings (SSSR count). The largest absolute Gasteiger partial charge is 0.511 e. The highest BCUT2D eigenvalue weighted by Gasteiger charge is 2.42. The number of benzene rings is 2. The number of nitrogens with zero attached hydrogens (tertiary/aromatic N) is 3. The van der Waals surface area contributed by atoms with E-state index in [0.29, 0.717) is 64.2 Å². The van der Waals surface area contributed by atoms with Crippen LogP contribution in [0.15, 0.2) is 53.7 Å². The first-order valence-electron chi connectivity index (χ1n) is 25.8. The molecule has 1 aliphatic carbocycles. The Labute approximate surface area is 426 Å². The Bertz CT molecular complexity index is 2210. The standard InChI is InChI=1S/C53H75N5O10S.C2H6/c1-34-10-19-43(35(2)31-34)46(52(63)64)47(60)39-15-17-41(18-16-39)68-42-20-23-57(24-21-42)25-26-65-27-28-66-29-30-67-32-45(59)56-49(53(5,6)7)51(62)58-22-8-9-44(58)50(61)55-36(3)38-11-13-40(14-12-38)48-37(4)54-33-69-48;1-2/h10-14,19,31,33,36,39,41-42,44,49,60H,8-9,15-18,20-30,32H2,1-7H3,(H,55,61)(H,56,59)(H,63,64);1-2H3/b47-46+;. The monoisotopic (exact) mass is 1000 g/mol. The third kappa shape index (κ3) is 16.7. The van der Waals surface area contributed by atoms with Crippen molar-refractivity contribution in [3.63, 3.8) is 0 Å². The SMILES string of the molecule is CC.Cc1ccc(/C(C(=O)O)=C(\O)C2CCC(OC3CCN(CCOCCOCCOCC(=O)NC(C(=O)N4CCCC4C(=O)NC(C)c4ccc(-c5scnc5C)cc4)C(C)(C)C)CC3)CC2)c(C)c1. The number of likely N-dealkylation sites (tertiary alicyclic amines) is 2. The van der Waals surface area contributed by atoms with Gasteiger partial charge in [0.2, 0.25) is 17.7 Å². The normalized spacial score (nSPS) is 20.1. The van der Waals surface area contributed by atoms with Gasteiger partial charge in [-0.05, 0) is 107 Å². The van der Waals surface area contributed by atoms with E-state index >= 15 is 0 Å². The average Bonchev–Trinajstić information content (AvgIpc) is 4.03. The van der Waals surface area contributed by atoms with Gasteiger partial charge in [-0.1, -0.05) is 82.6 Å². The molecule has 16 heteroatoms. The van der Waals surface area contributed by atoms with Crippen LogP contribution in [0.25, 0.3) is 16.0 Å². The molecule has 0 bridgehead atoms. The molecule has 0 radical (unpaired) electrons. The lowest BCUT2D eigenvalue weighted by molar-refractivity contribution is -0.144. The first-order valence-corrected chi connectivity index (χ1v) is 26.6. The van der Waals surface area contributed by atoms with Crippen molar-refractivity contribution >= 4 is 40.6 Å². The van der Waals surface area contributed by atoms with E-state index in [1.165, 1.54) is 0 Å². The predicted octanol–water partition coefficient (Wildman–Crippen LogP) is 8.60. The minimum atomic E-state index is -1.10. The van der Waals surface area contributed by atoms with Crippen LogP contribution in [0.4, 0.5) is 0 Å². The molecule has 2 aromatic carbocycles. The molecule has 1 aromatic heterocycles. The van der Waals surface area contributed by atoms with E-state index in [1.807, 2.05) is 104 Å². The zero-order valence-electron chi connectivity index (χ0n) is 43.7. The van der Waals surface area contributed by atoms with Crippen LogP contribution in [0.1, 0.15) is 127 Å². The van der Waals surface area contributed by atoms with Gasteiger partial charge in [-0.2, -0.15) is 0 Å². The van der Waals surface area contributed by atoms with Crippen molar-refractivity contribution in [3.8, 4) is 10.4 Å². The number of carboxylic acids is 1. The molecule has 71 heavy (non-hydrogen) atoms. The van der Waals surface area contributed by atoms with Gasteiger partial charge in [0.1, 0.15) is 30.0 Å². The van der Waals surface area contributed by atoms with Crippen LogP contribution in [0.3, 0.4) is 0 Å². The van der Waals surface area contributed by atoms with Crippen molar-refractivity contribution < 1.29 is 48.3 Å². The third-order valence-corrected chi connectivity index (χ3v) is 14.6. The summed E-state index contributed by atoms with van der Waals surface area (Å²) in [6, 6.07) is 12.0. The third-order valence-electron chi connectivity index (χ3n) is 13.7. The molecule has 1 saturated carbocycles. The van der Waals surface area contributed by atoms with Gasteiger partial charge in [0.15, 0.2) is 0 Å². The number of nitrogens with one attached hydrogen (secondary N) is 2. The summed E-state index contributed by atoms with van der Waals surface area (Å²) in [4.78, 5) is 62.3. The lowest BCUT2D eigenvalue weighted by Gasteiger charge is -2.36. The van der Waals surface area contributed by atoms with Crippen molar-refractivity contribution in [2.24, 2.45) is 11.3 Å². The number of aryl methyl sites for hydroxylation is 3. The minimum Gasteiger partial charge on any atom is -0.511 e. The van der Waals surface area contributed by atoms with Gasteiger partial charge >= 0.3 is 5.97 Å². The number of amides is 3. The van der Waals surface area contributed by atoms with Crippen LogP contribution in [0.5, 0.6) is 0 Å². The minimum absolute atomic E-state index is 0.0105. The molecular weight excluding hydrogens is 923 g/mol. The zero-order valence-corrected chi connectivity index (χ0v) is 44.5. The van der Waals surface area contributed by atoms with Crippen LogP contribution < -0.4 is 10.6 Å². The fraction of sp³-hybridized carbons (Fsp3) is 0.618. The molecular formula is C55H81N5O10S.